The molecule has 0 unspecified atom stereocenters. The van der Waals surface area contributed by atoms with Crippen LogP contribution < -0.4 is 15.4 Å². The highest BCUT2D eigenvalue weighted by molar-refractivity contribution is 5.93. The Morgan fingerprint density at radius 1 is 0.750 bits per heavy atom. The Bertz CT molecular complexity index is 1610. The molecule has 8 heteroatoms. The summed E-state index contributed by atoms with van der Waals surface area (Å²) in [6.45, 7) is 1.02. The number of rotatable bonds is 8. The summed E-state index contributed by atoms with van der Waals surface area (Å²) in [6.07, 6.45) is 3.54. The molecule has 0 saturated carbocycles. The SMILES string of the molecule is c1ccc(OCCNc2nc(Nc3nccc4ccccc34)nc3c2ncn3-c2ccccc2)cc1. The highest BCUT2D eigenvalue weighted by Crippen LogP contribution is 2.27. The van der Waals surface area contributed by atoms with Crippen molar-refractivity contribution in [2.75, 3.05) is 23.8 Å². The summed E-state index contributed by atoms with van der Waals surface area (Å²) in [5, 5.41) is 8.77. The quantitative estimate of drug-likeness (QED) is 0.278. The third-order valence-electron chi connectivity index (χ3n) is 5.74. The van der Waals surface area contributed by atoms with E-state index in [2.05, 4.69) is 26.7 Å². The van der Waals surface area contributed by atoms with Gasteiger partial charge in [0, 0.05) is 17.3 Å². The normalized spacial score (nSPS) is 11.0. The number of para-hydroxylation sites is 2. The summed E-state index contributed by atoms with van der Waals surface area (Å²) in [6, 6.07) is 29.8. The van der Waals surface area contributed by atoms with Crippen LogP contribution in [0, 0.1) is 0 Å². The van der Waals surface area contributed by atoms with Crippen LogP contribution in [-0.2, 0) is 0 Å². The minimum absolute atomic E-state index is 0.426. The number of anilines is 3. The fourth-order valence-electron chi connectivity index (χ4n) is 4.04. The lowest BCUT2D eigenvalue weighted by atomic mass is 10.1. The van der Waals surface area contributed by atoms with E-state index in [-0.39, 0.29) is 0 Å². The summed E-state index contributed by atoms with van der Waals surface area (Å²) >= 11 is 0. The molecule has 0 radical (unpaired) electrons. The lowest BCUT2D eigenvalue weighted by molar-refractivity contribution is 0.333. The first-order chi connectivity index (χ1) is 17.8. The smallest absolute Gasteiger partial charge is 0.232 e. The summed E-state index contributed by atoms with van der Waals surface area (Å²) in [7, 11) is 0. The first-order valence-electron chi connectivity index (χ1n) is 11.7. The first-order valence-corrected chi connectivity index (χ1v) is 11.7. The van der Waals surface area contributed by atoms with Crippen molar-refractivity contribution in [3.8, 4) is 11.4 Å². The minimum Gasteiger partial charge on any atom is -0.492 e. The van der Waals surface area contributed by atoms with Crippen LogP contribution in [0.5, 0.6) is 5.75 Å². The Kier molecular flexibility index (Phi) is 5.81. The number of nitrogens with zero attached hydrogens (tertiary/aromatic N) is 5. The van der Waals surface area contributed by atoms with Gasteiger partial charge in [-0.2, -0.15) is 9.97 Å². The second kappa shape index (κ2) is 9.71. The fourth-order valence-corrected chi connectivity index (χ4v) is 4.04. The van der Waals surface area contributed by atoms with Crippen molar-refractivity contribution < 1.29 is 4.74 Å². The van der Waals surface area contributed by atoms with Crippen LogP contribution in [0.2, 0.25) is 0 Å². The molecule has 36 heavy (non-hydrogen) atoms. The number of benzene rings is 3. The number of pyridine rings is 1. The van der Waals surface area contributed by atoms with Crippen LogP contribution >= 0.6 is 0 Å². The van der Waals surface area contributed by atoms with Gasteiger partial charge in [0.15, 0.2) is 17.0 Å². The predicted molar refractivity (Wildman–Crippen MR) is 142 cm³/mol. The molecule has 0 fully saturated rings. The molecule has 0 amide bonds. The second-order valence-electron chi connectivity index (χ2n) is 8.11. The van der Waals surface area contributed by atoms with Crippen molar-refractivity contribution in [1.29, 1.82) is 0 Å². The fraction of sp³-hybridized carbons (Fsp3) is 0.0714. The van der Waals surface area contributed by atoms with E-state index in [9.17, 15) is 0 Å². The molecule has 0 bridgehead atoms. The third-order valence-corrected chi connectivity index (χ3v) is 5.74. The topological polar surface area (TPSA) is 89.8 Å². The van der Waals surface area contributed by atoms with Crippen molar-refractivity contribution >= 4 is 39.5 Å². The molecule has 8 nitrogen and oxygen atoms in total. The van der Waals surface area contributed by atoms with Crippen LogP contribution in [0.15, 0.2) is 104 Å². The van der Waals surface area contributed by atoms with E-state index in [0.29, 0.717) is 41.9 Å². The monoisotopic (exact) mass is 473 g/mol. The average Bonchev–Trinajstić information content (AvgIpc) is 3.36. The highest BCUT2D eigenvalue weighted by Gasteiger charge is 2.15. The van der Waals surface area contributed by atoms with Gasteiger partial charge in [0.05, 0.1) is 6.54 Å². The van der Waals surface area contributed by atoms with Crippen LogP contribution in [-0.4, -0.2) is 37.7 Å². The van der Waals surface area contributed by atoms with Crippen molar-refractivity contribution in [1.82, 2.24) is 24.5 Å². The molecule has 0 aliphatic heterocycles. The molecule has 0 aliphatic carbocycles. The van der Waals surface area contributed by atoms with Gasteiger partial charge in [0.1, 0.15) is 24.5 Å². The molecule has 176 valence electrons. The Morgan fingerprint density at radius 3 is 2.39 bits per heavy atom. The Morgan fingerprint density at radius 2 is 1.53 bits per heavy atom. The van der Waals surface area contributed by atoms with Gasteiger partial charge in [0.2, 0.25) is 5.95 Å². The molecule has 2 N–H and O–H groups in total. The van der Waals surface area contributed by atoms with Gasteiger partial charge in [-0.05, 0) is 35.7 Å². The molecule has 0 spiro atoms. The van der Waals surface area contributed by atoms with E-state index >= 15 is 0 Å². The van der Waals surface area contributed by atoms with Gasteiger partial charge in [-0.1, -0.05) is 60.7 Å². The molecular formula is C28H23N7O. The van der Waals surface area contributed by atoms with Crippen LogP contribution in [0.1, 0.15) is 0 Å². The summed E-state index contributed by atoms with van der Waals surface area (Å²) < 4.78 is 7.78. The van der Waals surface area contributed by atoms with Crippen molar-refractivity contribution in [3.63, 3.8) is 0 Å². The van der Waals surface area contributed by atoms with Crippen molar-refractivity contribution in [3.05, 3.63) is 104 Å². The zero-order valence-electron chi connectivity index (χ0n) is 19.4. The molecule has 3 aromatic heterocycles. The number of nitrogens with one attached hydrogen (secondary N) is 2. The van der Waals surface area contributed by atoms with E-state index in [1.165, 1.54) is 0 Å². The number of fused-ring (bicyclic) bond motifs is 2. The van der Waals surface area contributed by atoms with E-state index in [0.717, 1.165) is 22.2 Å². The lowest BCUT2D eigenvalue weighted by Crippen LogP contribution is -2.14. The second-order valence-corrected chi connectivity index (χ2v) is 8.11. The zero-order valence-corrected chi connectivity index (χ0v) is 19.4. The molecule has 3 heterocycles. The van der Waals surface area contributed by atoms with Gasteiger partial charge in [-0.15, -0.1) is 0 Å². The average molecular weight is 474 g/mol. The van der Waals surface area contributed by atoms with E-state index in [1.54, 1.807) is 12.5 Å². The van der Waals surface area contributed by atoms with Crippen LogP contribution in [0.25, 0.3) is 27.6 Å². The van der Waals surface area contributed by atoms with Crippen molar-refractivity contribution in [2.24, 2.45) is 0 Å². The van der Waals surface area contributed by atoms with Gasteiger partial charge in [-0.3, -0.25) is 4.57 Å². The molecule has 6 rings (SSSR count). The summed E-state index contributed by atoms with van der Waals surface area (Å²) in [5.41, 5.74) is 2.33. The molecule has 6 aromatic rings. The molecular weight excluding hydrogens is 450 g/mol. The summed E-state index contributed by atoms with van der Waals surface area (Å²) in [4.78, 5) is 18.7. The number of hydrogen-bond acceptors (Lipinski definition) is 7. The third kappa shape index (κ3) is 4.39. The maximum absolute atomic E-state index is 5.83. The summed E-state index contributed by atoms with van der Waals surface area (Å²) in [5.74, 6) is 2.56. The molecule has 0 atom stereocenters. The van der Waals surface area contributed by atoms with E-state index in [4.69, 9.17) is 14.7 Å². The maximum Gasteiger partial charge on any atom is 0.232 e. The minimum atomic E-state index is 0.426. The lowest BCUT2D eigenvalue weighted by Gasteiger charge is -2.12. The molecule has 0 saturated heterocycles. The zero-order chi connectivity index (χ0) is 24.2. The van der Waals surface area contributed by atoms with Gasteiger partial charge in [0.25, 0.3) is 0 Å². The highest BCUT2D eigenvalue weighted by atomic mass is 16.5. The first kappa shape index (κ1) is 21.5. The molecule has 3 aromatic carbocycles. The van der Waals surface area contributed by atoms with Gasteiger partial charge < -0.3 is 15.4 Å². The number of ether oxygens (including phenoxy) is 1. The largest absolute Gasteiger partial charge is 0.492 e. The predicted octanol–water partition coefficient (Wildman–Crippen LogP) is 5.60. The van der Waals surface area contributed by atoms with E-state index < -0.39 is 0 Å². The van der Waals surface area contributed by atoms with E-state index in [1.807, 2.05) is 89.5 Å². The Labute approximate surface area is 207 Å². The number of aromatic nitrogens is 5. The number of imidazole rings is 1. The van der Waals surface area contributed by atoms with Crippen molar-refractivity contribution in [2.45, 2.75) is 0 Å². The standard InChI is InChI=1S/C28H23N7O/c1-3-10-21(11-4-1)35-19-31-24-26(30-17-18-36-22-12-5-2-6-13-22)33-28(34-27(24)35)32-25-23-14-8-7-9-20(23)15-16-29-25/h1-16,19H,17-18H2,(H2,29,30,32,33,34). The Balaban J connectivity index is 1.35. The van der Waals surface area contributed by atoms with Gasteiger partial charge >= 0.3 is 0 Å². The van der Waals surface area contributed by atoms with Crippen LogP contribution in [0.3, 0.4) is 0 Å². The molecule has 0 aliphatic rings. The maximum atomic E-state index is 5.83. The number of hydrogen-bond donors (Lipinski definition) is 2. The van der Waals surface area contributed by atoms with Crippen LogP contribution in [0.4, 0.5) is 17.6 Å². The Hall–Kier alpha value is -4.98. The van der Waals surface area contributed by atoms with Gasteiger partial charge in [-0.25, -0.2) is 9.97 Å².